The Morgan fingerprint density at radius 2 is 2.03 bits per heavy atom. The van der Waals surface area contributed by atoms with E-state index in [0.29, 0.717) is 12.0 Å². The molecule has 150 valence electrons. The molecule has 1 aliphatic rings. The van der Waals surface area contributed by atoms with Gasteiger partial charge in [0.1, 0.15) is 18.0 Å². The number of benzene rings is 1. The summed E-state index contributed by atoms with van der Waals surface area (Å²) in [5.74, 6) is 1.16. The maximum atomic E-state index is 13.2. The lowest BCUT2D eigenvalue weighted by atomic mass is 9.97. The summed E-state index contributed by atoms with van der Waals surface area (Å²) in [6, 6.07) is 6.73. The van der Waals surface area contributed by atoms with Gasteiger partial charge in [-0.05, 0) is 51.0 Å². The number of halogens is 1. The molecule has 1 atom stereocenters. The number of anilines is 1. The molecule has 0 bridgehead atoms. The zero-order valence-electron chi connectivity index (χ0n) is 16.4. The van der Waals surface area contributed by atoms with E-state index < -0.39 is 0 Å². The minimum Gasteiger partial charge on any atom is -0.346 e. The third-order valence-electron chi connectivity index (χ3n) is 5.39. The minimum absolute atomic E-state index is 0.247. The first-order valence-corrected chi connectivity index (χ1v) is 10.7. The summed E-state index contributed by atoms with van der Waals surface area (Å²) < 4.78 is 17.1. The molecule has 1 unspecified atom stereocenters. The SMILES string of the molecule is CC(C)n1cnnc1C1CCCN(c2nn3cc(-c4ccc(F)cc4)nc3s2)C1. The number of nitrogens with zero attached hydrogens (tertiary/aromatic N) is 7. The zero-order chi connectivity index (χ0) is 20.0. The molecule has 9 heteroatoms. The molecule has 0 spiro atoms. The van der Waals surface area contributed by atoms with Crippen LogP contribution in [0.2, 0.25) is 0 Å². The van der Waals surface area contributed by atoms with Crippen LogP contribution in [-0.2, 0) is 0 Å². The standard InChI is InChI=1S/C20H22FN7S/c1-13(2)27-12-22-24-18(27)15-4-3-9-26(10-15)20-25-28-11-17(23-19(28)29-20)14-5-7-16(21)8-6-14/h5-8,11-13,15H,3-4,9-10H2,1-2H3. The van der Waals surface area contributed by atoms with Gasteiger partial charge in [-0.2, -0.15) is 0 Å². The molecule has 1 aliphatic heterocycles. The van der Waals surface area contributed by atoms with E-state index in [9.17, 15) is 4.39 Å². The Hall–Kier alpha value is -2.81. The van der Waals surface area contributed by atoms with Crippen LogP contribution in [0.3, 0.4) is 0 Å². The number of piperidine rings is 1. The second-order valence-electron chi connectivity index (χ2n) is 7.72. The fourth-order valence-corrected chi connectivity index (χ4v) is 4.80. The Bertz CT molecular complexity index is 1100. The lowest BCUT2D eigenvalue weighted by molar-refractivity contribution is 0.454. The molecule has 1 aromatic carbocycles. The van der Waals surface area contributed by atoms with Crippen molar-refractivity contribution in [2.75, 3.05) is 18.0 Å². The van der Waals surface area contributed by atoms with E-state index >= 15 is 0 Å². The maximum absolute atomic E-state index is 13.2. The third kappa shape index (κ3) is 3.39. The van der Waals surface area contributed by atoms with Crippen LogP contribution in [-0.4, -0.2) is 42.5 Å². The summed E-state index contributed by atoms with van der Waals surface area (Å²) in [6.07, 6.45) is 5.93. The second-order valence-corrected chi connectivity index (χ2v) is 8.65. The molecule has 1 saturated heterocycles. The Balaban J connectivity index is 1.38. The number of aromatic nitrogens is 6. The van der Waals surface area contributed by atoms with Crippen molar-refractivity contribution in [1.82, 2.24) is 29.4 Å². The number of imidazole rings is 1. The van der Waals surface area contributed by atoms with Crippen molar-refractivity contribution < 1.29 is 4.39 Å². The number of hydrogen-bond acceptors (Lipinski definition) is 6. The van der Waals surface area contributed by atoms with Gasteiger partial charge in [-0.25, -0.2) is 13.9 Å². The first-order valence-electron chi connectivity index (χ1n) is 9.85. The first kappa shape index (κ1) is 18.2. The number of hydrogen-bond donors (Lipinski definition) is 0. The molecule has 4 heterocycles. The highest BCUT2D eigenvalue weighted by atomic mass is 32.1. The van der Waals surface area contributed by atoms with Crippen molar-refractivity contribution in [3.63, 3.8) is 0 Å². The zero-order valence-corrected chi connectivity index (χ0v) is 17.2. The van der Waals surface area contributed by atoms with Crippen LogP contribution in [0.5, 0.6) is 0 Å². The van der Waals surface area contributed by atoms with Gasteiger partial charge in [-0.1, -0.05) is 11.3 Å². The molecular weight excluding hydrogens is 389 g/mol. The van der Waals surface area contributed by atoms with E-state index in [1.807, 2.05) is 17.0 Å². The average Bonchev–Trinajstić information content (AvgIpc) is 3.43. The molecule has 0 saturated carbocycles. The number of fused-ring (bicyclic) bond motifs is 1. The summed E-state index contributed by atoms with van der Waals surface area (Å²) in [5.41, 5.74) is 1.69. The Kier molecular flexibility index (Phi) is 4.54. The topological polar surface area (TPSA) is 64.1 Å². The van der Waals surface area contributed by atoms with Crippen molar-refractivity contribution in [1.29, 1.82) is 0 Å². The molecule has 7 nitrogen and oxygen atoms in total. The van der Waals surface area contributed by atoms with Crippen LogP contribution < -0.4 is 4.90 Å². The van der Waals surface area contributed by atoms with Crippen LogP contribution in [0.1, 0.15) is 44.5 Å². The summed E-state index contributed by atoms with van der Waals surface area (Å²) in [5, 5.41) is 14.3. The highest BCUT2D eigenvalue weighted by molar-refractivity contribution is 7.20. The van der Waals surface area contributed by atoms with Gasteiger partial charge in [0.25, 0.3) is 0 Å². The average molecular weight is 412 g/mol. The molecule has 4 aromatic rings. The van der Waals surface area contributed by atoms with E-state index in [0.717, 1.165) is 53.1 Å². The third-order valence-corrected chi connectivity index (χ3v) is 6.37. The van der Waals surface area contributed by atoms with E-state index in [-0.39, 0.29) is 5.82 Å². The smallest absolute Gasteiger partial charge is 0.214 e. The second kappa shape index (κ2) is 7.22. The van der Waals surface area contributed by atoms with Crippen LogP contribution in [0.4, 0.5) is 9.52 Å². The van der Waals surface area contributed by atoms with E-state index in [2.05, 4.69) is 38.5 Å². The van der Waals surface area contributed by atoms with E-state index in [1.54, 1.807) is 23.5 Å². The summed E-state index contributed by atoms with van der Waals surface area (Å²) in [7, 11) is 0. The van der Waals surface area contributed by atoms with Gasteiger partial charge in [0.05, 0.1) is 11.9 Å². The molecule has 29 heavy (non-hydrogen) atoms. The summed E-state index contributed by atoms with van der Waals surface area (Å²) in [4.78, 5) is 7.84. The van der Waals surface area contributed by atoms with Gasteiger partial charge >= 0.3 is 0 Å². The van der Waals surface area contributed by atoms with Crippen LogP contribution in [0.15, 0.2) is 36.8 Å². The predicted molar refractivity (Wildman–Crippen MR) is 111 cm³/mol. The minimum atomic E-state index is -0.247. The molecule has 0 aliphatic carbocycles. The van der Waals surface area contributed by atoms with E-state index in [1.165, 1.54) is 12.1 Å². The van der Waals surface area contributed by atoms with Gasteiger partial charge in [-0.3, -0.25) is 0 Å². The maximum Gasteiger partial charge on any atom is 0.214 e. The Labute approximate surface area is 171 Å². The van der Waals surface area contributed by atoms with Crippen LogP contribution in [0, 0.1) is 5.82 Å². The molecule has 0 radical (unpaired) electrons. The summed E-state index contributed by atoms with van der Waals surface area (Å²) in [6.45, 7) is 6.17. The highest BCUT2D eigenvalue weighted by Gasteiger charge is 2.28. The normalized spacial score (nSPS) is 17.5. The summed E-state index contributed by atoms with van der Waals surface area (Å²) >= 11 is 1.58. The monoisotopic (exact) mass is 411 g/mol. The predicted octanol–water partition coefficient (Wildman–Crippen LogP) is 4.15. The van der Waals surface area contributed by atoms with Crippen LogP contribution >= 0.6 is 11.3 Å². The Morgan fingerprint density at radius 1 is 1.21 bits per heavy atom. The molecule has 0 N–H and O–H groups in total. The number of rotatable bonds is 4. The van der Waals surface area contributed by atoms with Crippen molar-refractivity contribution in [3.05, 3.63) is 48.4 Å². The largest absolute Gasteiger partial charge is 0.346 e. The fourth-order valence-electron chi connectivity index (χ4n) is 3.88. The van der Waals surface area contributed by atoms with Gasteiger partial charge < -0.3 is 9.47 Å². The molecule has 1 fully saturated rings. The van der Waals surface area contributed by atoms with Gasteiger partial charge in [0.2, 0.25) is 10.1 Å². The van der Waals surface area contributed by atoms with Gasteiger partial charge in [0, 0.05) is 30.6 Å². The highest BCUT2D eigenvalue weighted by Crippen LogP contribution is 2.33. The lowest BCUT2D eigenvalue weighted by Crippen LogP contribution is -2.35. The van der Waals surface area contributed by atoms with Crippen molar-refractivity contribution in [3.8, 4) is 11.3 Å². The lowest BCUT2D eigenvalue weighted by Gasteiger charge is -2.32. The van der Waals surface area contributed by atoms with Crippen molar-refractivity contribution in [2.45, 2.75) is 38.6 Å². The van der Waals surface area contributed by atoms with Crippen LogP contribution in [0.25, 0.3) is 16.2 Å². The molecule has 3 aromatic heterocycles. The van der Waals surface area contributed by atoms with Crippen molar-refractivity contribution in [2.24, 2.45) is 0 Å². The van der Waals surface area contributed by atoms with Gasteiger partial charge in [-0.15, -0.1) is 15.3 Å². The quantitative estimate of drug-likeness (QED) is 0.505. The molecular formula is C20H22FN7S. The van der Waals surface area contributed by atoms with Crippen molar-refractivity contribution >= 4 is 21.4 Å². The first-order chi connectivity index (χ1) is 14.1. The molecule has 0 amide bonds. The van der Waals surface area contributed by atoms with Gasteiger partial charge in [0.15, 0.2) is 0 Å². The molecule has 5 rings (SSSR count). The fraction of sp³-hybridized carbons (Fsp3) is 0.400. The Morgan fingerprint density at radius 3 is 2.79 bits per heavy atom. The van der Waals surface area contributed by atoms with E-state index in [4.69, 9.17) is 5.10 Å².